The lowest BCUT2D eigenvalue weighted by Crippen LogP contribution is -2.65. The summed E-state index contributed by atoms with van der Waals surface area (Å²) in [5.41, 5.74) is -0.568. The van der Waals surface area contributed by atoms with Crippen LogP contribution >= 0.6 is 0 Å². The average Bonchev–Trinajstić information content (AvgIpc) is 3.23. The quantitative estimate of drug-likeness (QED) is 0.198. The number of fused-ring (bicyclic) bond motifs is 5. The van der Waals surface area contributed by atoms with Crippen molar-refractivity contribution in [1.29, 1.82) is 0 Å². The van der Waals surface area contributed by atoms with E-state index in [1.807, 2.05) is 0 Å². The lowest BCUT2D eigenvalue weighted by Gasteiger charge is -2.67. The molecule has 5 aliphatic rings. The zero-order valence-electron chi connectivity index (χ0n) is 28.8. The normalized spacial score (nSPS) is 49.4. The topological polar surface area (TPSA) is 160 Å². The van der Waals surface area contributed by atoms with Gasteiger partial charge < -0.3 is 45.2 Å². The zero-order valence-corrected chi connectivity index (χ0v) is 28.8. The van der Waals surface area contributed by atoms with E-state index in [0.717, 1.165) is 38.5 Å². The Morgan fingerprint density at radius 2 is 1.62 bits per heavy atom. The van der Waals surface area contributed by atoms with Crippen LogP contribution in [0.2, 0.25) is 0 Å². The second-order valence-electron chi connectivity index (χ2n) is 17.4. The summed E-state index contributed by atoms with van der Waals surface area (Å²) < 4.78 is 12.1. The van der Waals surface area contributed by atoms with Crippen LogP contribution < -0.4 is 0 Å². The molecule has 0 bridgehead atoms. The van der Waals surface area contributed by atoms with Crippen molar-refractivity contribution in [1.82, 2.24) is 0 Å². The molecule has 260 valence electrons. The Hall–Kier alpha value is -0.620. The summed E-state index contributed by atoms with van der Waals surface area (Å²) in [7, 11) is 0. The smallest absolute Gasteiger partial charge is 0.187 e. The molecule has 9 heteroatoms. The number of aliphatic hydroxyl groups is 7. The van der Waals surface area contributed by atoms with E-state index in [4.69, 9.17) is 9.47 Å². The highest BCUT2D eigenvalue weighted by atomic mass is 16.7. The van der Waals surface area contributed by atoms with E-state index in [2.05, 4.69) is 47.6 Å². The molecule has 3 unspecified atom stereocenters. The van der Waals surface area contributed by atoms with Crippen molar-refractivity contribution in [3.05, 3.63) is 11.6 Å². The Morgan fingerprint density at radius 3 is 2.24 bits per heavy atom. The van der Waals surface area contributed by atoms with E-state index in [9.17, 15) is 35.7 Å². The number of hydrogen-bond donors (Lipinski definition) is 7. The Balaban J connectivity index is 1.37. The molecule has 0 aromatic carbocycles. The van der Waals surface area contributed by atoms with Crippen molar-refractivity contribution in [2.75, 3.05) is 6.61 Å². The zero-order chi connectivity index (χ0) is 33.5. The SMILES string of the molecule is C[C@H](CC[C@@H](O)C(C)(C)O)C1CC[C@@]2(C)C3CC=C4C(CC[C@H](O[C@@H]5O[C@H](CO)[C@@H](O)[C@H](O)[C@@H]5O)C4(C)C)[C@]3(C)[C@H](O)C[C@]12C. The van der Waals surface area contributed by atoms with E-state index in [1.54, 1.807) is 13.8 Å². The maximum Gasteiger partial charge on any atom is 0.187 e. The molecule has 7 N–H and O–H groups in total. The Kier molecular flexibility index (Phi) is 9.56. The summed E-state index contributed by atoms with van der Waals surface area (Å²) >= 11 is 0. The highest BCUT2D eigenvalue weighted by molar-refractivity contribution is 5.31. The summed E-state index contributed by atoms with van der Waals surface area (Å²) in [4.78, 5) is 0. The predicted octanol–water partition coefficient (Wildman–Crippen LogP) is 3.30. The highest BCUT2D eigenvalue weighted by Gasteiger charge is 2.70. The molecule has 1 heterocycles. The fourth-order valence-electron chi connectivity index (χ4n) is 11.2. The molecule has 15 atom stereocenters. The van der Waals surface area contributed by atoms with Crippen LogP contribution in [0.25, 0.3) is 0 Å². The monoisotopic (exact) mass is 638 g/mol. The van der Waals surface area contributed by atoms with Gasteiger partial charge in [0.05, 0.1) is 30.5 Å². The number of allylic oxidation sites excluding steroid dienone is 1. The van der Waals surface area contributed by atoms with E-state index in [0.29, 0.717) is 30.6 Å². The van der Waals surface area contributed by atoms with Gasteiger partial charge in [-0.25, -0.2) is 0 Å². The van der Waals surface area contributed by atoms with Crippen LogP contribution in [0.5, 0.6) is 0 Å². The van der Waals surface area contributed by atoms with Gasteiger partial charge in [0.1, 0.15) is 24.4 Å². The minimum atomic E-state index is -1.48. The first-order chi connectivity index (χ1) is 20.7. The van der Waals surface area contributed by atoms with Crippen LogP contribution in [0.1, 0.15) is 107 Å². The van der Waals surface area contributed by atoms with E-state index >= 15 is 0 Å². The van der Waals surface area contributed by atoms with Crippen molar-refractivity contribution in [2.24, 2.45) is 45.3 Å². The molecule has 1 saturated heterocycles. The molecular weight excluding hydrogens is 576 g/mol. The van der Waals surface area contributed by atoms with Gasteiger partial charge in [-0.1, -0.05) is 53.2 Å². The maximum atomic E-state index is 12.2. The van der Waals surface area contributed by atoms with Gasteiger partial charge in [0.15, 0.2) is 6.29 Å². The molecule has 9 nitrogen and oxygen atoms in total. The molecule has 45 heavy (non-hydrogen) atoms. The van der Waals surface area contributed by atoms with Crippen molar-refractivity contribution in [3.8, 4) is 0 Å². The number of rotatable bonds is 8. The molecule has 1 aliphatic heterocycles. The summed E-state index contributed by atoms with van der Waals surface area (Å²) in [5, 5.41) is 73.9. The minimum Gasteiger partial charge on any atom is -0.394 e. The van der Waals surface area contributed by atoms with Crippen LogP contribution in [0.3, 0.4) is 0 Å². The molecule has 4 aliphatic carbocycles. The van der Waals surface area contributed by atoms with E-state index < -0.39 is 60.5 Å². The fourth-order valence-corrected chi connectivity index (χ4v) is 11.2. The molecule has 3 saturated carbocycles. The third-order valence-electron chi connectivity index (χ3n) is 14.5. The summed E-state index contributed by atoms with van der Waals surface area (Å²) in [6.45, 7) is 16.6. The Labute approximate surface area is 270 Å². The molecule has 4 fully saturated rings. The van der Waals surface area contributed by atoms with Gasteiger partial charge >= 0.3 is 0 Å². The second-order valence-corrected chi connectivity index (χ2v) is 17.4. The van der Waals surface area contributed by atoms with Gasteiger partial charge in [-0.3, -0.25) is 0 Å². The largest absolute Gasteiger partial charge is 0.394 e. The standard InChI is InChI=1S/C36H62O9/c1-19(9-13-25(38)33(4,5)43)20-15-16-34(6)24-12-10-21-22(36(24,8)26(39)17-35(20,34)7)11-14-27(32(21,2)3)45-31-30(42)29(41)28(40)23(18-37)44-31/h10,19-20,22-31,37-43H,9,11-18H2,1-8H3/t19-,20?,22?,23-,24?,25-,26-,27+,28-,29+,30+,31+,34+,35-,36+/m1/s1. The van der Waals surface area contributed by atoms with Crippen LogP contribution in [-0.2, 0) is 9.47 Å². The predicted molar refractivity (Wildman–Crippen MR) is 170 cm³/mol. The highest BCUT2D eigenvalue weighted by Crippen LogP contribution is 2.75. The van der Waals surface area contributed by atoms with Gasteiger partial charge in [-0.2, -0.15) is 0 Å². The molecule has 0 aromatic heterocycles. The summed E-state index contributed by atoms with van der Waals surface area (Å²) in [6, 6.07) is 0. The second kappa shape index (κ2) is 12.1. The first-order valence-corrected chi connectivity index (χ1v) is 17.5. The molecule has 5 rings (SSSR count). The van der Waals surface area contributed by atoms with Crippen LogP contribution in [0.15, 0.2) is 11.6 Å². The lowest BCUT2D eigenvalue weighted by atomic mass is 9.38. The summed E-state index contributed by atoms with van der Waals surface area (Å²) in [6.07, 6.45) is 1.08. The van der Waals surface area contributed by atoms with Crippen molar-refractivity contribution < 1.29 is 45.2 Å². The van der Waals surface area contributed by atoms with Gasteiger partial charge in [0.25, 0.3) is 0 Å². The molecule has 0 aromatic rings. The average molecular weight is 639 g/mol. The van der Waals surface area contributed by atoms with Crippen LogP contribution in [-0.4, -0.2) is 97.0 Å². The fraction of sp³-hybridized carbons (Fsp3) is 0.944. The minimum absolute atomic E-state index is 0.0417. The molecule has 0 amide bonds. The van der Waals surface area contributed by atoms with Crippen molar-refractivity contribution in [3.63, 3.8) is 0 Å². The number of ether oxygens (including phenoxy) is 2. The number of aliphatic hydroxyl groups excluding tert-OH is 6. The Bertz CT molecular complexity index is 1100. The molecule has 0 radical (unpaired) electrons. The lowest BCUT2D eigenvalue weighted by molar-refractivity contribution is -0.320. The number of hydrogen-bond acceptors (Lipinski definition) is 9. The Morgan fingerprint density at radius 1 is 0.956 bits per heavy atom. The van der Waals surface area contributed by atoms with Crippen LogP contribution in [0.4, 0.5) is 0 Å². The van der Waals surface area contributed by atoms with Gasteiger partial charge in [0.2, 0.25) is 0 Å². The molecular formula is C36H62O9. The first kappa shape index (κ1) is 35.7. The first-order valence-electron chi connectivity index (χ1n) is 17.5. The van der Waals surface area contributed by atoms with Gasteiger partial charge in [-0.05, 0) is 99.7 Å². The third-order valence-corrected chi connectivity index (χ3v) is 14.5. The van der Waals surface area contributed by atoms with Crippen molar-refractivity contribution in [2.45, 2.75) is 161 Å². The summed E-state index contributed by atoms with van der Waals surface area (Å²) in [5.74, 6) is 1.29. The van der Waals surface area contributed by atoms with Gasteiger partial charge in [0, 0.05) is 10.8 Å². The van der Waals surface area contributed by atoms with E-state index in [-0.39, 0.29) is 28.3 Å². The van der Waals surface area contributed by atoms with Crippen molar-refractivity contribution >= 4 is 0 Å². The maximum absolute atomic E-state index is 12.2. The van der Waals surface area contributed by atoms with Crippen LogP contribution in [0, 0.1) is 45.3 Å². The third kappa shape index (κ3) is 5.48. The molecule has 0 spiro atoms. The van der Waals surface area contributed by atoms with E-state index in [1.165, 1.54) is 5.57 Å². The van der Waals surface area contributed by atoms with Gasteiger partial charge in [-0.15, -0.1) is 0 Å².